The Morgan fingerprint density at radius 1 is 1.16 bits per heavy atom. The quantitative estimate of drug-likeness (QED) is 0.796. The molecule has 102 valence electrons. The van der Waals surface area contributed by atoms with Crippen LogP contribution in [-0.4, -0.2) is 40.7 Å². The Hall–Kier alpha value is -2.38. The smallest absolute Gasteiger partial charge is 0.231 e. The van der Waals surface area contributed by atoms with E-state index in [1.807, 2.05) is 25.9 Å². The number of hydrogen-bond acceptors (Lipinski definition) is 8. The molecular formula is C11H17N7O. The van der Waals surface area contributed by atoms with Crippen LogP contribution in [0.15, 0.2) is 16.8 Å². The van der Waals surface area contributed by atoms with E-state index in [1.54, 1.807) is 12.3 Å². The number of rotatable bonds is 6. The van der Waals surface area contributed by atoms with Crippen LogP contribution in [0.3, 0.4) is 0 Å². The zero-order valence-corrected chi connectivity index (χ0v) is 11.2. The van der Waals surface area contributed by atoms with E-state index in [9.17, 15) is 0 Å². The molecule has 2 aromatic heterocycles. The first kappa shape index (κ1) is 13.1. The van der Waals surface area contributed by atoms with Crippen molar-refractivity contribution in [2.24, 2.45) is 0 Å². The Labute approximate surface area is 111 Å². The molecule has 0 aliphatic carbocycles. The van der Waals surface area contributed by atoms with E-state index in [4.69, 9.17) is 4.52 Å². The van der Waals surface area contributed by atoms with Gasteiger partial charge >= 0.3 is 0 Å². The highest BCUT2D eigenvalue weighted by Gasteiger charge is 2.08. The summed E-state index contributed by atoms with van der Waals surface area (Å²) in [5.74, 6) is 2.34. The first-order valence-corrected chi connectivity index (χ1v) is 5.99. The second-order valence-electron chi connectivity index (χ2n) is 4.04. The molecule has 2 heterocycles. The van der Waals surface area contributed by atoms with E-state index < -0.39 is 0 Å². The lowest BCUT2D eigenvalue weighted by Crippen LogP contribution is -2.17. The van der Waals surface area contributed by atoms with Crippen molar-refractivity contribution < 1.29 is 4.52 Å². The summed E-state index contributed by atoms with van der Waals surface area (Å²) in [5, 5.41) is 9.79. The number of aromatic nitrogens is 4. The molecule has 0 aliphatic heterocycles. The first-order chi connectivity index (χ1) is 9.19. The maximum absolute atomic E-state index is 5.00. The molecule has 0 aliphatic rings. The van der Waals surface area contributed by atoms with Crippen LogP contribution < -0.4 is 15.5 Å². The molecule has 2 N–H and O–H groups in total. The number of nitrogens with zero attached hydrogens (tertiary/aromatic N) is 5. The van der Waals surface area contributed by atoms with Gasteiger partial charge in [0.15, 0.2) is 5.76 Å². The highest BCUT2D eigenvalue weighted by molar-refractivity contribution is 5.42. The van der Waals surface area contributed by atoms with Crippen LogP contribution >= 0.6 is 0 Å². The van der Waals surface area contributed by atoms with Gasteiger partial charge < -0.3 is 20.1 Å². The highest BCUT2D eigenvalue weighted by atomic mass is 16.5. The fourth-order valence-electron chi connectivity index (χ4n) is 1.38. The summed E-state index contributed by atoms with van der Waals surface area (Å²) in [6, 6.07) is 1.78. The molecule has 2 aromatic rings. The minimum absolute atomic E-state index is 0.475. The molecular weight excluding hydrogens is 246 g/mol. The van der Waals surface area contributed by atoms with Crippen molar-refractivity contribution in [3.05, 3.63) is 18.0 Å². The van der Waals surface area contributed by atoms with Crippen molar-refractivity contribution in [3.8, 4) is 0 Å². The summed E-state index contributed by atoms with van der Waals surface area (Å²) in [6.07, 6.45) is 1.60. The van der Waals surface area contributed by atoms with Gasteiger partial charge in [0.05, 0.1) is 12.7 Å². The van der Waals surface area contributed by atoms with Crippen molar-refractivity contribution in [1.29, 1.82) is 0 Å². The molecule has 0 amide bonds. The molecule has 19 heavy (non-hydrogen) atoms. The maximum Gasteiger partial charge on any atom is 0.231 e. The Bertz CT molecular complexity index is 512. The number of nitrogens with one attached hydrogen (secondary N) is 2. The van der Waals surface area contributed by atoms with Gasteiger partial charge in [0.25, 0.3) is 0 Å². The van der Waals surface area contributed by atoms with E-state index in [0.717, 1.165) is 12.3 Å². The lowest BCUT2D eigenvalue weighted by atomic mass is 10.4. The maximum atomic E-state index is 5.00. The van der Waals surface area contributed by atoms with Crippen molar-refractivity contribution >= 4 is 17.8 Å². The van der Waals surface area contributed by atoms with Gasteiger partial charge in [-0.2, -0.15) is 15.0 Å². The normalized spacial score (nSPS) is 10.3. The van der Waals surface area contributed by atoms with Gasteiger partial charge in [-0.05, 0) is 6.92 Å². The van der Waals surface area contributed by atoms with Crippen molar-refractivity contribution in [3.63, 3.8) is 0 Å². The van der Waals surface area contributed by atoms with Crippen LogP contribution in [0.4, 0.5) is 17.8 Å². The van der Waals surface area contributed by atoms with Crippen molar-refractivity contribution in [2.75, 3.05) is 36.2 Å². The minimum atomic E-state index is 0.475. The molecule has 2 rings (SSSR count). The third kappa shape index (κ3) is 3.54. The van der Waals surface area contributed by atoms with Crippen LogP contribution in [0, 0.1) is 0 Å². The van der Waals surface area contributed by atoms with Gasteiger partial charge in [0, 0.05) is 26.7 Å². The third-order valence-corrected chi connectivity index (χ3v) is 2.27. The van der Waals surface area contributed by atoms with Crippen LogP contribution in [0.2, 0.25) is 0 Å². The van der Waals surface area contributed by atoms with Crippen LogP contribution in [0.1, 0.15) is 12.7 Å². The van der Waals surface area contributed by atoms with Gasteiger partial charge in [-0.25, -0.2) is 0 Å². The molecule has 0 radical (unpaired) electrons. The highest BCUT2D eigenvalue weighted by Crippen LogP contribution is 2.12. The predicted molar refractivity (Wildman–Crippen MR) is 72.1 cm³/mol. The van der Waals surface area contributed by atoms with E-state index in [0.29, 0.717) is 24.4 Å². The fraction of sp³-hybridized carbons (Fsp3) is 0.455. The lowest BCUT2D eigenvalue weighted by Gasteiger charge is -2.13. The number of hydrogen-bond donors (Lipinski definition) is 2. The number of anilines is 3. The van der Waals surface area contributed by atoms with Crippen LogP contribution in [0.25, 0.3) is 0 Å². The lowest BCUT2D eigenvalue weighted by molar-refractivity contribution is 0.388. The molecule has 8 nitrogen and oxygen atoms in total. The van der Waals surface area contributed by atoms with E-state index in [-0.39, 0.29) is 0 Å². The second-order valence-corrected chi connectivity index (χ2v) is 4.04. The van der Waals surface area contributed by atoms with Crippen molar-refractivity contribution in [2.45, 2.75) is 13.5 Å². The molecule has 0 saturated heterocycles. The monoisotopic (exact) mass is 263 g/mol. The van der Waals surface area contributed by atoms with E-state index in [2.05, 4.69) is 30.7 Å². The van der Waals surface area contributed by atoms with Gasteiger partial charge in [-0.15, -0.1) is 0 Å². The average molecular weight is 263 g/mol. The van der Waals surface area contributed by atoms with E-state index in [1.165, 1.54) is 0 Å². The summed E-state index contributed by atoms with van der Waals surface area (Å²) in [4.78, 5) is 14.7. The van der Waals surface area contributed by atoms with Crippen LogP contribution in [-0.2, 0) is 6.54 Å². The molecule has 8 heteroatoms. The molecule has 0 atom stereocenters. The first-order valence-electron chi connectivity index (χ1n) is 5.99. The second kappa shape index (κ2) is 5.98. The Morgan fingerprint density at radius 3 is 2.47 bits per heavy atom. The van der Waals surface area contributed by atoms with E-state index >= 15 is 0 Å². The van der Waals surface area contributed by atoms with Gasteiger partial charge in [0.2, 0.25) is 17.8 Å². The van der Waals surface area contributed by atoms with Gasteiger partial charge in [-0.1, -0.05) is 5.16 Å². The molecule has 0 spiro atoms. The predicted octanol–water partition coefficient (Wildman–Crippen LogP) is 0.969. The largest absolute Gasteiger partial charge is 0.360 e. The molecule has 0 fully saturated rings. The van der Waals surface area contributed by atoms with Crippen LogP contribution in [0.5, 0.6) is 0 Å². The molecule has 0 saturated carbocycles. The zero-order chi connectivity index (χ0) is 13.7. The summed E-state index contributed by atoms with van der Waals surface area (Å²) in [6.45, 7) is 3.21. The Kier molecular flexibility index (Phi) is 4.11. The Balaban J connectivity index is 2.13. The Morgan fingerprint density at radius 2 is 1.89 bits per heavy atom. The molecule has 0 aromatic carbocycles. The van der Waals surface area contributed by atoms with Crippen molar-refractivity contribution in [1.82, 2.24) is 20.1 Å². The minimum Gasteiger partial charge on any atom is -0.360 e. The summed E-state index contributed by atoms with van der Waals surface area (Å²) < 4.78 is 5.00. The average Bonchev–Trinajstić information content (AvgIpc) is 2.89. The molecule has 0 bridgehead atoms. The molecule has 0 unspecified atom stereocenters. The standard InChI is InChI=1S/C11H17N7O/c1-4-12-9-15-10(17-11(16-9)18(2)3)13-7-8-5-6-14-19-8/h5-6H,4,7H2,1-3H3,(H2,12,13,15,16,17). The van der Waals surface area contributed by atoms with Gasteiger partial charge in [0.1, 0.15) is 0 Å². The zero-order valence-electron chi connectivity index (χ0n) is 11.2. The fourth-order valence-corrected chi connectivity index (χ4v) is 1.38. The summed E-state index contributed by atoms with van der Waals surface area (Å²) in [7, 11) is 3.76. The summed E-state index contributed by atoms with van der Waals surface area (Å²) in [5.41, 5.74) is 0. The SMILES string of the molecule is CCNc1nc(NCc2ccno2)nc(N(C)C)n1. The topological polar surface area (TPSA) is 92.0 Å². The third-order valence-electron chi connectivity index (χ3n) is 2.27. The van der Waals surface area contributed by atoms with Gasteiger partial charge in [-0.3, -0.25) is 0 Å². The summed E-state index contributed by atoms with van der Waals surface area (Å²) >= 11 is 0.